The second-order valence-electron chi connectivity index (χ2n) is 7.06. The largest absolute Gasteiger partial charge is 0.393 e. The van der Waals surface area contributed by atoms with E-state index in [0.717, 1.165) is 28.5 Å². The molecule has 0 spiro atoms. The molecule has 3 rings (SSSR count). The van der Waals surface area contributed by atoms with Crippen LogP contribution in [0.5, 0.6) is 0 Å². The molecule has 1 aromatic carbocycles. The lowest BCUT2D eigenvalue weighted by Gasteiger charge is -2.18. The van der Waals surface area contributed by atoms with Crippen molar-refractivity contribution >= 4 is 28.0 Å². The van der Waals surface area contributed by atoms with Crippen LogP contribution in [0.2, 0.25) is 0 Å². The van der Waals surface area contributed by atoms with Crippen LogP contribution in [0.4, 0.5) is 0 Å². The summed E-state index contributed by atoms with van der Waals surface area (Å²) in [5, 5.41) is 10.6. The Kier molecular flexibility index (Phi) is 4.48. The third-order valence-electron chi connectivity index (χ3n) is 4.64. The van der Waals surface area contributed by atoms with E-state index < -0.39 is 17.7 Å². The summed E-state index contributed by atoms with van der Waals surface area (Å²) in [6.07, 6.45) is 2.68. The van der Waals surface area contributed by atoms with Gasteiger partial charge in [0.05, 0.1) is 17.4 Å². The van der Waals surface area contributed by atoms with Gasteiger partial charge in [0.2, 0.25) is 11.6 Å². The Morgan fingerprint density at radius 2 is 1.96 bits per heavy atom. The van der Waals surface area contributed by atoms with Crippen molar-refractivity contribution in [2.75, 3.05) is 0 Å². The number of nitrogens with one attached hydrogen (secondary N) is 1. The average Bonchev–Trinajstić information content (AvgIpc) is 2.93. The molecule has 0 saturated heterocycles. The van der Waals surface area contributed by atoms with Gasteiger partial charge in [-0.25, -0.2) is 0 Å². The van der Waals surface area contributed by atoms with Gasteiger partial charge in [-0.05, 0) is 57.4 Å². The Bertz CT molecular complexity index is 937. The SMILES string of the molecule is CC(C)=CCc1ccc2[nH]c3c(c2c1)C(=O)C(=O)C(C)=C3C[C@@H](C)O. The summed E-state index contributed by atoms with van der Waals surface area (Å²) in [5.74, 6) is -0.939. The van der Waals surface area contributed by atoms with E-state index in [-0.39, 0.29) is 0 Å². The molecule has 130 valence electrons. The summed E-state index contributed by atoms with van der Waals surface area (Å²) < 4.78 is 0. The van der Waals surface area contributed by atoms with Crippen LogP contribution in [0.1, 0.15) is 55.7 Å². The second kappa shape index (κ2) is 6.45. The van der Waals surface area contributed by atoms with E-state index >= 15 is 0 Å². The molecule has 4 nitrogen and oxygen atoms in total. The summed E-state index contributed by atoms with van der Waals surface area (Å²) in [6, 6.07) is 5.96. The normalized spacial score (nSPS) is 15.6. The van der Waals surface area contributed by atoms with Crippen molar-refractivity contribution in [3.05, 3.63) is 52.2 Å². The number of allylic oxidation sites excluding steroid dienone is 3. The molecule has 2 N–H and O–H groups in total. The molecule has 1 aliphatic carbocycles. The first kappa shape index (κ1) is 17.4. The molecule has 1 aliphatic rings. The quantitative estimate of drug-likeness (QED) is 0.655. The number of carbonyl (C=O) groups is 2. The fraction of sp³-hybridized carbons (Fsp3) is 0.333. The van der Waals surface area contributed by atoms with Gasteiger partial charge in [0.15, 0.2) is 0 Å². The first-order valence-corrected chi connectivity index (χ1v) is 8.54. The smallest absolute Gasteiger partial charge is 0.235 e. The maximum absolute atomic E-state index is 12.6. The molecule has 0 fully saturated rings. The van der Waals surface area contributed by atoms with E-state index in [1.165, 1.54) is 5.57 Å². The number of aliphatic hydroxyl groups excluding tert-OH is 1. The minimum absolute atomic E-state index is 0.343. The number of hydrogen-bond acceptors (Lipinski definition) is 3. The van der Waals surface area contributed by atoms with Crippen molar-refractivity contribution in [1.29, 1.82) is 0 Å². The van der Waals surface area contributed by atoms with Gasteiger partial charge >= 0.3 is 0 Å². The molecule has 2 aromatic rings. The number of fused-ring (bicyclic) bond motifs is 3. The molecule has 4 heteroatoms. The molecule has 0 saturated carbocycles. The van der Waals surface area contributed by atoms with E-state index in [4.69, 9.17) is 0 Å². The van der Waals surface area contributed by atoms with Gasteiger partial charge in [0.1, 0.15) is 0 Å². The van der Waals surface area contributed by atoms with Gasteiger partial charge in [-0.1, -0.05) is 17.7 Å². The third-order valence-corrected chi connectivity index (χ3v) is 4.64. The van der Waals surface area contributed by atoms with E-state index in [9.17, 15) is 14.7 Å². The number of aromatic amines is 1. The summed E-state index contributed by atoms with van der Waals surface area (Å²) in [7, 11) is 0. The summed E-state index contributed by atoms with van der Waals surface area (Å²) in [6.45, 7) is 7.44. The Balaban J connectivity index is 2.19. The van der Waals surface area contributed by atoms with E-state index in [2.05, 4.69) is 24.9 Å². The number of aromatic nitrogens is 1. The van der Waals surface area contributed by atoms with Crippen molar-refractivity contribution in [3.8, 4) is 0 Å². The predicted molar refractivity (Wildman–Crippen MR) is 99.7 cm³/mol. The van der Waals surface area contributed by atoms with E-state index in [0.29, 0.717) is 23.3 Å². The van der Waals surface area contributed by atoms with Crippen LogP contribution in [0.25, 0.3) is 16.5 Å². The lowest BCUT2D eigenvalue weighted by molar-refractivity contribution is -0.111. The van der Waals surface area contributed by atoms with Crippen LogP contribution in [-0.4, -0.2) is 27.8 Å². The molecular weight excluding hydrogens is 314 g/mol. The molecule has 25 heavy (non-hydrogen) atoms. The van der Waals surface area contributed by atoms with Crippen LogP contribution >= 0.6 is 0 Å². The molecule has 0 bridgehead atoms. The summed E-state index contributed by atoms with van der Waals surface area (Å²) in [5.41, 5.74) is 5.45. The number of hydrogen-bond donors (Lipinski definition) is 2. The van der Waals surface area contributed by atoms with Crippen LogP contribution in [0.15, 0.2) is 35.4 Å². The Labute approximate surface area is 147 Å². The lowest BCUT2D eigenvalue weighted by atomic mass is 9.85. The van der Waals surface area contributed by atoms with E-state index in [1.807, 2.05) is 18.2 Å². The van der Waals surface area contributed by atoms with Crippen molar-refractivity contribution in [2.24, 2.45) is 0 Å². The number of Topliss-reactive ketones (excluding diaryl/α,β-unsaturated/α-hetero) is 2. The number of ketones is 2. The van der Waals surface area contributed by atoms with Crippen molar-refractivity contribution < 1.29 is 14.7 Å². The number of carbonyl (C=O) groups excluding carboxylic acids is 2. The fourth-order valence-electron chi connectivity index (χ4n) is 3.31. The predicted octanol–water partition coefficient (Wildman–Crippen LogP) is 3.99. The van der Waals surface area contributed by atoms with Gasteiger partial charge in [-0.15, -0.1) is 0 Å². The minimum atomic E-state index is -0.585. The zero-order valence-corrected chi connectivity index (χ0v) is 15.1. The molecular formula is C21H23NO3. The molecule has 0 amide bonds. The Morgan fingerprint density at radius 3 is 2.60 bits per heavy atom. The fourth-order valence-corrected chi connectivity index (χ4v) is 3.31. The molecule has 0 aliphatic heterocycles. The number of aliphatic hydroxyl groups is 1. The van der Waals surface area contributed by atoms with Gasteiger partial charge in [0.25, 0.3) is 0 Å². The topological polar surface area (TPSA) is 70.2 Å². The van der Waals surface area contributed by atoms with Crippen LogP contribution in [-0.2, 0) is 11.2 Å². The van der Waals surface area contributed by atoms with Crippen molar-refractivity contribution in [3.63, 3.8) is 0 Å². The van der Waals surface area contributed by atoms with Crippen LogP contribution in [0, 0.1) is 0 Å². The highest BCUT2D eigenvalue weighted by molar-refractivity contribution is 6.54. The van der Waals surface area contributed by atoms with Gasteiger partial charge < -0.3 is 10.1 Å². The second-order valence-corrected chi connectivity index (χ2v) is 7.06. The average molecular weight is 337 g/mol. The van der Waals surface area contributed by atoms with Crippen LogP contribution in [0.3, 0.4) is 0 Å². The van der Waals surface area contributed by atoms with Gasteiger partial charge in [0, 0.05) is 22.9 Å². The highest BCUT2D eigenvalue weighted by atomic mass is 16.3. The highest BCUT2D eigenvalue weighted by Crippen LogP contribution is 2.37. The minimum Gasteiger partial charge on any atom is -0.393 e. The molecule has 0 radical (unpaired) electrons. The zero-order chi connectivity index (χ0) is 18.3. The van der Waals surface area contributed by atoms with Gasteiger partial charge in [-0.2, -0.15) is 0 Å². The molecule has 1 atom stereocenters. The van der Waals surface area contributed by atoms with Gasteiger partial charge in [-0.3, -0.25) is 9.59 Å². The van der Waals surface area contributed by atoms with Crippen LogP contribution < -0.4 is 0 Å². The highest BCUT2D eigenvalue weighted by Gasteiger charge is 2.33. The molecule has 1 aromatic heterocycles. The number of H-pyrrole nitrogens is 1. The molecule has 0 unspecified atom stereocenters. The molecule has 1 heterocycles. The summed E-state index contributed by atoms with van der Waals surface area (Å²) in [4.78, 5) is 28.3. The summed E-state index contributed by atoms with van der Waals surface area (Å²) >= 11 is 0. The third kappa shape index (κ3) is 3.10. The first-order chi connectivity index (χ1) is 11.8. The first-order valence-electron chi connectivity index (χ1n) is 8.54. The maximum atomic E-state index is 12.6. The number of rotatable bonds is 4. The maximum Gasteiger partial charge on any atom is 0.235 e. The monoisotopic (exact) mass is 337 g/mol. The Hall–Kier alpha value is -2.46. The van der Waals surface area contributed by atoms with E-state index in [1.54, 1.807) is 13.8 Å². The Morgan fingerprint density at radius 1 is 1.24 bits per heavy atom. The zero-order valence-electron chi connectivity index (χ0n) is 15.1. The lowest BCUT2D eigenvalue weighted by Crippen LogP contribution is -2.23. The van der Waals surface area contributed by atoms with Crippen molar-refractivity contribution in [2.45, 2.75) is 46.6 Å². The standard InChI is InChI=1S/C21H23NO3/c1-11(2)5-6-14-7-8-17-16(10-14)18-19(22-17)15(9-12(3)23)13(4)20(24)21(18)25/h5,7-8,10,12,22-23H,6,9H2,1-4H3/t12-/m1/s1. The number of benzene rings is 1. The van der Waals surface area contributed by atoms with Crippen molar-refractivity contribution in [1.82, 2.24) is 4.98 Å².